The van der Waals surface area contributed by atoms with Crippen molar-refractivity contribution < 1.29 is 9.53 Å². The maximum atomic E-state index is 12.4. The van der Waals surface area contributed by atoms with Crippen LogP contribution in [-0.2, 0) is 22.5 Å². The Balaban J connectivity index is 1.97. The van der Waals surface area contributed by atoms with E-state index in [1.165, 1.54) is 0 Å². The quantitative estimate of drug-likeness (QED) is 0.858. The van der Waals surface area contributed by atoms with Crippen LogP contribution in [0.4, 0.5) is 0 Å². The summed E-state index contributed by atoms with van der Waals surface area (Å²) in [6.45, 7) is 5.67. The highest BCUT2D eigenvalue weighted by molar-refractivity contribution is 5.79. The van der Waals surface area contributed by atoms with Crippen molar-refractivity contribution in [3.05, 3.63) is 35.4 Å². The second-order valence-corrected chi connectivity index (χ2v) is 5.31. The van der Waals surface area contributed by atoms with Crippen LogP contribution in [0.1, 0.15) is 24.5 Å². The molecule has 2 rings (SSSR count). The number of rotatable bonds is 6. The number of nitrogens with two attached hydrogens (primary N) is 1. The standard InChI is InChI=1S/C16H24N2O2/c1-2-18(11-13-7-8-20-12-13)16(19)9-14-5-3-4-6-15(14)10-17/h3-6,13H,2,7-12,17H2,1H3. The zero-order valence-corrected chi connectivity index (χ0v) is 12.2. The molecule has 1 saturated heterocycles. The molecule has 0 bridgehead atoms. The highest BCUT2D eigenvalue weighted by Gasteiger charge is 2.21. The van der Waals surface area contributed by atoms with E-state index in [1.54, 1.807) is 0 Å². The zero-order chi connectivity index (χ0) is 14.4. The van der Waals surface area contributed by atoms with Gasteiger partial charge in [0.1, 0.15) is 0 Å². The Bertz CT molecular complexity index is 442. The van der Waals surface area contributed by atoms with E-state index < -0.39 is 0 Å². The van der Waals surface area contributed by atoms with Gasteiger partial charge in [-0.3, -0.25) is 4.79 Å². The van der Waals surface area contributed by atoms with Gasteiger partial charge >= 0.3 is 0 Å². The third kappa shape index (κ3) is 3.81. The summed E-state index contributed by atoms with van der Waals surface area (Å²) < 4.78 is 5.38. The van der Waals surface area contributed by atoms with Crippen molar-refractivity contribution >= 4 is 5.91 Å². The molecule has 1 aliphatic rings. The van der Waals surface area contributed by atoms with Gasteiger partial charge in [0.25, 0.3) is 0 Å². The first-order chi connectivity index (χ1) is 9.74. The smallest absolute Gasteiger partial charge is 0.227 e. The van der Waals surface area contributed by atoms with Gasteiger partial charge in [-0.1, -0.05) is 24.3 Å². The van der Waals surface area contributed by atoms with Gasteiger partial charge in [0.2, 0.25) is 5.91 Å². The lowest BCUT2D eigenvalue weighted by atomic mass is 10.0. The molecule has 0 radical (unpaired) electrons. The Labute approximate surface area is 120 Å². The molecule has 1 fully saturated rings. The number of carbonyl (C=O) groups is 1. The molecule has 110 valence electrons. The molecule has 0 aliphatic carbocycles. The Morgan fingerprint density at radius 3 is 2.75 bits per heavy atom. The summed E-state index contributed by atoms with van der Waals surface area (Å²) in [4.78, 5) is 14.4. The number of hydrogen-bond donors (Lipinski definition) is 1. The van der Waals surface area contributed by atoms with E-state index in [1.807, 2.05) is 36.1 Å². The summed E-state index contributed by atoms with van der Waals surface area (Å²) in [5.74, 6) is 0.670. The first-order valence-electron chi connectivity index (χ1n) is 7.37. The first-order valence-corrected chi connectivity index (χ1v) is 7.37. The van der Waals surface area contributed by atoms with Gasteiger partial charge in [-0.2, -0.15) is 0 Å². The first kappa shape index (κ1) is 15.0. The predicted molar refractivity (Wildman–Crippen MR) is 79.2 cm³/mol. The molecule has 1 heterocycles. The Hall–Kier alpha value is -1.39. The summed E-state index contributed by atoms with van der Waals surface area (Å²) in [7, 11) is 0. The molecule has 4 heteroatoms. The van der Waals surface area contributed by atoms with Crippen LogP contribution in [0, 0.1) is 5.92 Å². The minimum Gasteiger partial charge on any atom is -0.381 e. The summed E-state index contributed by atoms with van der Waals surface area (Å²) in [6.07, 6.45) is 1.50. The molecule has 4 nitrogen and oxygen atoms in total. The molecular weight excluding hydrogens is 252 g/mol. The lowest BCUT2D eigenvalue weighted by Gasteiger charge is -2.24. The average Bonchev–Trinajstić information content (AvgIpc) is 2.98. The summed E-state index contributed by atoms with van der Waals surface area (Å²) in [5.41, 5.74) is 7.82. The van der Waals surface area contributed by atoms with Crippen molar-refractivity contribution in [3.8, 4) is 0 Å². The molecular formula is C16H24N2O2. The second kappa shape index (κ2) is 7.41. The molecule has 1 aliphatic heterocycles. The van der Waals surface area contributed by atoms with E-state index in [0.717, 1.165) is 43.9 Å². The van der Waals surface area contributed by atoms with E-state index in [4.69, 9.17) is 10.5 Å². The molecule has 1 amide bonds. The topological polar surface area (TPSA) is 55.6 Å². The predicted octanol–water partition coefficient (Wildman–Crippen LogP) is 1.57. The van der Waals surface area contributed by atoms with Crippen LogP contribution in [0.2, 0.25) is 0 Å². The molecule has 1 unspecified atom stereocenters. The zero-order valence-electron chi connectivity index (χ0n) is 12.2. The maximum absolute atomic E-state index is 12.4. The van der Waals surface area contributed by atoms with Crippen LogP contribution in [-0.4, -0.2) is 37.1 Å². The van der Waals surface area contributed by atoms with Crippen LogP contribution in [0.3, 0.4) is 0 Å². The van der Waals surface area contributed by atoms with Crippen molar-refractivity contribution in [2.75, 3.05) is 26.3 Å². The second-order valence-electron chi connectivity index (χ2n) is 5.31. The molecule has 0 spiro atoms. The number of benzene rings is 1. The summed E-state index contributed by atoms with van der Waals surface area (Å²) >= 11 is 0. The minimum absolute atomic E-state index is 0.181. The molecule has 2 N–H and O–H groups in total. The van der Waals surface area contributed by atoms with E-state index in [-0.39, 0.29) is 5.91 Å². The Kier molecular flexibility index (Phi) is 5.56. The number of hydrogen-bond acceptors (Lipinski definition) is 3. The van der Waals surface area contributed by atoms with Crippen LogP contribution >= 0.6 is 0 Å². The summed E-state index contributed by atoms with van der Waals surface area (Å²) in [6, 6.07) is 7.91. The van der Waals surface area contributed by atoms with Crippen LogP contribution < -0.4 is 5.73 Å². The van der Waals surface area contributed by atoms with E-state index in [0.29, 0.717) is 18.9 Å². The fraction of sp³-hybridized carbons (Fsp3) is 0.562. The number of ether oxygens (including phenoxy) is 1. The number of nitrogens with zero attached hydrogens (tertiary/aromatic N) is 1. The van der Waals surface area contributed by atoms with Crippen molar-refractivity contribution in [1.82, 2.24) is 4.90 Å². The number of carbonyl (C=O) groups excluding carboxylic acids is 1. The van der Waals surface area contributed by atoms with Crippen LogP contribution in [0.5, 0.6) is 0 Å². The van der Waals surface area contributed by atoms with E-state index >= 15 is 0 Å². The van der Waals surface area contributed by atoms with Gasteiger partial charge in [0, 0.05) is 32.2 Å². The minimum atomic E-state index is 0.181. The van der Waals surface area contributed by atoms with E-state index in [2.05, 4.69) is 0 Å². The summed E-state index contributed by atoms with van der Waals surface area (Å²) in [5, 5.41) is 0. The van der Waals surface area contributed by atoms with Crippen molar-refractivity contribution in [3.63, 3.8) is 0 Å². The van der Waals surface area contributed by atoms with Gasteiger partial charge in [0.15, 0.2) is 0 Å². The highest BCUT2D eigenvalue weighted by atomic mass is 16.5. The Morgan fingerprint density at radius 1 is 1.40 bits per heavy atom. The van der Waals surface area contributed by atoms with Crippen molar-refractivity contribution in [2.45, 2.75) is 26.3 Å². The molecule has 0 aromatic heterocycles. The highest BCUT2D eigenvalue weighted by Crippen LogP contribution is 2.16. The molecule has 1 aromatic rings. The van der Waals surface area contributed by atoms with Crippen LogP contribution in [0.25, 0.3) is 0 Å². The Morgan fingerprint density at radius 2 is 2.15 bits per heavy atom. The number of amides is 1. The normalized spacial score (nSPS) is 18.2. The monoisotopic (exact) mass is 276 g/mol. The third-order valence-electron chi connectivity index (χ3n) is 3.92. The fourth-order valence-corrected chi connectivity index (χ4v) is 2.65. The molecule has 1 atom stereocenters. The van der Waals surface area contributed by atoms with Gasteiger partial charge in [0.05, 0.1) is 13.0 Å². The maximum Gasteiger partial charge on any atom is 0.227 e. The SMILES string of the molecule is CCN(CC1CCOC1)C(=O)Cc1ccccc1CN. The number of likely N-dealkylation sites (N-methyl/N-ethyl adjacent to an activating group) is 1. The molecule has 0 saturated carbocycles. The molecule has 1 aromatic carbocycles. The van der Waals surface area contributed by atoms with E-state index in [9.17, 15) is 4.79 Å². The van der Waals surface area contributed by atoms with Gasteiger partial charge in [-0.05, 0) is 24.5 Å². The lowest BCUT2D eigenvalue weighted by molar-refractivity contribution is -0.130. The molecule has 20 heavy (non-hydrogen) atoms. The lowest BCUT2D eigenvalue weighted by Crippen LogP contribution is -2.36. The van der Waals surface area contributed by atoms with Gasteiger partial charge < -0.3 is 15.4 Å². The third-order valence-corrected chi connectivity index (χ3v) is 3.92. The van der Waals surface area contributed by atoms with Crippen molar-refractivity contribution in [1.29, 1.82) is 0 Å². The average molecular weight is 276 g/mol. The van der Waals surface area contributed by atoms with Crippen LogP contribution in [0.15, 0.2) is 24.3 Å². The van der Waals surface area contributed by atoms with Gasteiger partial charge in [-0.15, -0.1) is 0 Å². The fourth-order valence-electron chi connectivity index (χ4n) is 2.65. The van der Waals surface area contributed by atoms with Crippen molar-refractivity contribution in [2.24, 2.45) is 11.7 Å². The largest absolute Gasteiger partial charge is 0.381 e. The van der Waals surface area contributed by atoms with Gasteiger partial charge in [-0.25, -0.2) is 0 Å².